The summed E-state index contributed by atoms with van der Waals surface area (Å²) in [4.78, 5) is 15.3. The summed E-state index contributed by atoms with van der Waals surface area (Å²) < 4.78 is 5.28. The van der Waals surface area contributed by atoms with Gasteiger partial charge in [0.1, 0.15) is 5.54 Å². The molecule has 0 aromatic heterocycles. The number of methoxy groups -OCH3 is 1. The number of rotatable bonds is 4. The lowest BCUT2D eigenvalue weighted by atomic mass is 9.57. The van der Waals surface area contributed by atoms with Crippen LogP contribution >= 0.6 is 0 Å². The number of hydrogen-bond donors (Lipinski definition) is 1. The summed E-state index contributed by atoms with van der Waals surface area (Å²) in [5.41, 5.74) is -0.916. The van der Waals surface area contributed by atoms with Crippen molar-refractivity contribution in [3.05, 3.63) is 0 Å². The molecule has 108 valence electrons. The van der Waals surface area contributed by atoms with E-state index in [0.717, 1.165) is 25.9 Å². The van der Waals surface area contributed by atoms with E-state index < -0.39 is 5.54 Å². The summed E-state index contributed by atoms with van der Waals surface area (Å²) >= 11 is 0. The Labute approximate surface area is 115 Å². The largest absolute Gasteiger partial charge is 0.394 e. The second-order valence-corrected chi connectivity index (χ2v) is 6.58. The van der Waals surface area contributed by atoms with Crippen LogP contribution in [0.25, 0.3) is 0 Å². The zero-order chi connectivity index (χ0) is 13.5. The monoisotopic (exact) mass is 267 g/mol. The van der Waals surface area contributed by atoms with Crippen molar-refractivity contribution in [1.82, 2.24) is 4.90 Å². The number of fused-ring (bicyclic) bond motifs is 3. The molecule has 1 saturated carbocycles. The highest BCUT2D eigenvalue weighted by Crippen LogP contribution is 2.54. The van der Waals surface area contributed by atoms with Crippen molar-refractivity contribution in [1.29, 1.82) is 0 Å². The topological polar surface area (TPSA) is 49.8 Å². The van der Waals surface area contributed by atoms with Gasteiger partial charge in [-0.15, -0.1) is 0 Å². The third kappa shape index (κ3) is 1.73. The fraction of sp³-hybridized carbons (Fsp3) is 0.933. The van der Waals surface area contributed by atoms with E-state index in [9.17, 15) is 9.90 Å². The minimum absolute atomic E-state index is 0.103. The molecule has 2 bridgehead atoms. The van der Waals surface area contributed by atoms with Crippen molar-refractivity contribution in [2.45, 2.75) is 44.1 Å². The van der Waals surface area contributed by atoms with Crippen LogP contribution in [0.4, 0.5) is 0 Å². The Hall–Kier alpha value is -0.450. The Morgan fingerprint density at radius 1 is 1.32 bits per heavy atom. The van der Waals surface area contributed by atoms with Crippen LogP contribution in [-0.2, 0) is 9.53 Å². The number of aliphatic hydroxyl groups is 1. The van der Waals surface area contributed by atoms with Crippen LogP contribution in [0.2, 0.25) is 0 Å². The molecule has 3 heterocycles. The first-order chi connectivity index (χ1) is 9.19. The zero-order valence-corrected chi connectivity index (χ0v) is 11.9. The maximum atomic E-state index is 13.2. The van der Waals surface area contributed by atoms with Crippen LogP contribution < -0.4 is 0 Å². The molecule has 1 N–H and O–H groups in total. The van der Waals surface area contributed by atoms with Gasteiger partial charge in [0.05, 0.1) is 13.2 Å². The molecule has 1 aliphatic carbocycles. The number of ether oxygens (including phenoxy) is 1. The normalized spacial score (nSPS) is 43.1. The van der Waals surface area contributed by atoms with Crippen LogP contribution in [0.5, 0.6) is 0 Å². The zero-order valence-electron chi connectivity index (χ0n) is 11.9. The molecule has 0 aromatic rings. The molecule has 0 radical (unpaired) electrons. The first kappa shape index (κ1) is 13.5. The average Bonchev–Trinajstić information content (AvgIpc) is 2.98. The van der Waals surface area contributed by atoms with Crippen LogP contribution in [0.1, 0.15) is 38.5 Å². The number of aliphatic hydroxyl groups excluding tert-OH is 1. The summed E-state index contributed by atoms with van der Waals surface area (Å²) in [5, 5.41) is 9.88. The van der Waals surface area contributed by atoms with Gasteiger partial charge in [0, 0.05) is 25.6 Å². The summed E-state index contributed by atoms with van der Waals surface area (Å²) in [7, 11) is 1.62. The van der Waals surface area contributed by atoms with Gasteiger partial charge in [-0.2, -0.15) is 0 Å². The fourth-order valence-corrected chi connectivity index (χ4v) is 4.85. The third-order valence-electron chi connectivity index (χ3n) is 5.92. The quantitative estimate of drug-likeness (QED) is 0.832. The van der Waals surface area contributed by atoms with Gasteiger partial charge in [0.25, 0.3) is 0 Å². The van der Waals surface area contributed by atoms with E-state index in [4.69, 9.17) is 4.74 Å². The first-order valence-corrected chi connectivity index (χ1v) is 7.59. The smallest absolute Gasteiger partial charge is 0.164 e. The summed E-state index contributed by atoms with van der Waals surface area (Å²) in [5.74, 6) is 0.819. The molecule has 4 rings (SSSR count). The minimum atomic E-state index is -0.756. The van der Waals surface area contributed by atoms with Gasteiger partial charge in [0.2, 0.25) is 0 Å². The van der Waals surface area contributed by atoms with Crippen molar-refractivity contribution in [2.24, 2.45) is 11.3 Å². The number of carbonyl (C=O) groups is 1. The Bertz CT molecular complexity index is 356. The van der Waals surface area contributed by atoms with Crippen LogP contribution in [-0.4, -0.2) is 54.7 Å². The van der Waals surface area contributed by atoms with Gasteiger partial charge >= 0.3 is 0 Å². The summed E-state index contributed by atoms with van der Waals surface area (Å²) in [6.07, 6.45) is 6.89. The van der Waals surface area contributed by atoms with Gasteiger partial charge in [-0.1, -0.05) is 12.8 Å². The fourth-order valence-electron chi connectivity index (χ4n) is 4.85. The molecule has 19 heavy (non-hydrogen) atoms. The molecule has 0 unspecified atom stereocenters. The van der Waals surface area contributed by atoms with E-state index >= 15 is 0 Å². The van der Waals surface area contributed by atoms with E-state index in [1.165, 1.54) is 25.7 Å². The second kappa shape index (κ2) is 4.83. The molecule has 0 aromatic carbocycles. The van der Waals surface area contributed by atoms with Gasteiger partial charge < -0.3 is 9.84 Å². The predicted octanol–water partition coefficient (Wildman–Crippen LogP) is 1.22. The molecule has 4 aliphatic rings. The van der Waals surface area contributed by atoms with E-state index in [1.54, 1.807) is 7.11 Å². The Morgan fingerprint density at radius 2 is 1.95 bits per heavy atom. The molecular weight excluding hydrogens is 242 g/mol. The maximum Gasteiger partial charge on any atom is 0.164 e. The summed E-state index contributed by atoms with van der Waals surface area (Å²) in [6, 6.07) is 0. The standard InChI is InChI=1S/C15H25NO3/c1-19-11-15(10-17)13(18)14(12-4-2-3-5-12)6-8-16(15)9-7-14/h12,17H,2-11H2,1H3/t15-/m1/s1. The van der Waals surface area contributed by atoms with E-state index in [0.29, 0.717) is 12.5 Å². The van der Waals surface area contributed by atoms with Crippen molar-refractivity contribution in [3.8, 4) is 0 Å². The molecular formula is C15H25NO3. The number of nitrogens with zero attached hydrogens (tertiary/aromatic N) is 1. The van der Waals surface area contributed by atoms with E-state index in [1.807, 2.05) is 0 Å². The SMILES string of the molecule is COC[C@]1(CO)C(=O)C2(C3CCCC3)CCN1CC2. The van der Waals surface area contributed by atoms with Gasteiger partial charge in [-0.25, -0.2) is 0 Å². The predicted molar refractivity (Wildman–Crippen MR) is 71.9 cm³/mol. The highest BCUT2D eigenvalue weighted by molar-refractivity contribution is 5.96. The summed E-state index contributed by atoms with van der Waals surface area (Å²) in [6.45, 7) is 2.10. The number of ketones is 1. The Kier molecular flexibility index (Phi) is 3.44. The lowest BCUT2D eigenvalue weighted by Gasteiger charge is -2.59. The van der Waals surface area contributed by atoms with Gasteiger partial charge in [0.15, 0.2) is 5.78 Å². The van der Waals surface area contributed by atoms with Gasteiger partial charge in [-0.05, 0) is 31.6 Å². The minimum Gasteiger partial charge on any atom is -0.394 e. The number of piperidine rings is 3. The molecule has 3 saturated heterocycles. The molecule has 4 fully saturated rings. The third-order valence-corrected chi connectivity index (χ3v) is 5.92. The first-order valence-electron chi connectivity index (χ1n) is 7.59. The maximum absolute atomic E-state index is 13.2. The van der Waals surface area contributed by atoms with Crippen molar-refractivity contribution in [3.63, 3.8) is 0 Å². The Morgan fingerprint density at radius 3 is 2.47 bits per heavy atom. The highest BCUT2D eigenvalue weighted by atomic mass is 16.5. The molecule has 0 amide bonds. The average molecular weight is 267 g/mol. The van der Waals surface area contributed by atoms with Gasteiger partial charge in [-0.3, -0.25) is 9.69 Å². The molecule has 4 heteroatoms. The molecule has 1 atom stereocenters. The van der Waals surface area contributed by atoms with E-state index in [-0.39, 0.29) is 17.8 Å². The van der Waals surface area contributed by atoms with Crippen LogP contribution in [0, 0.1) is 11.3 Å². The van der Waals surface area contributed by atoms with Crippen LogP contribution in [0.15, 0.2) is 0 Å². The number of hydrogen-bond acceptors (Lipinski definition) is 4. The lowest BCUT2D eigenvalue weighted by Crippen LogP contribution is -2.73. The molecule has 4 nitrogen and oxygen atoms in total. The Balaban J connectivity index is 1.95. The number of Topliss-reactive ketones (excluding diaryl/α,β-unsaturated/α-hetero) is 1. The van der Waals surface area contributed by atoms with Crippen molar-refractivity contribution in [2.75, 3.05) is 33.4 Å². The van der Waals surface area contributed by atoms with Crippen LogP contribution in [0.3, 0.4) is 0 Å². The van der Waals surface area contributed by atoms with Crippen molar-refractivity contribution < 1.29 is 14.6 Å². The van der Waals surface area contributed by atoms with E-state index in [2.05, 4.69) is 4.90 Å². The molecule has 0 spiro atoms. The second-order valence-electron chi connectivity index (χ2n) is 6.58. The highest BCUT2D eigenvalue weighted by Gasteiger charge is 2.62. The molecule has 3 aliphatic heterocycles. The van der Waals surface area contributed by atoms with Crippen molar-refractivity contribution >= 4 is 5.78 Å². The number of carbonyl (C=O) groups excluding carboxylic acids is 1. The lowest BCUT2D eigenvalue weighted by molar-refractivity contribution is -0.177.